The zero-order chi connectivity index (χ0) is 15.7. The van der Waals surface area contributed by atoms with Gasteiger partial charge in [0.1, 0.15) is 5.82 Å². The molecular weight excluding hydrogens is 263 g/mol. The molecule has 0 amide bonds. The second-order valence-electron chi connectivity index (χ2n) is 5.70. The molecule has 1 unspecified atom stereocenters. The quantitative estimate of drug-likeness (QED) is 0.692. The van der Waals surface area contributed by atoms with E-state index >= 15 is 0 Å². The van der Waals surface area contributed by atoms with Crippen molar-refractivity contribution in [2.24, 2.45) is 0 Å². The molecule has 1 aromatic rings. The fourth-order valence-corrected chi connectivity index (χ4v) is 2.58. The van der Waals surface area contributed by atoms with Gasteiger partial charge in [-0.15, -0.1) is 0 Å². The summed E-state index contributed by atoms with van der Waals surface area (Å²) in [4.78, 5) is 2.48. The van der Waals surface area contributed by atoms with Crippen LogP contribution in [0.1, 0.15) is 57.2 Å². The van der Waals surface area contributed by atoms with Crippen LogP contribution in [0.25, 0.3) is 0 Å². The van der Waals surface area contributed by atoms with Crippen molar-refractivity contribution in [2.45, 2.75) is 53.0 Å². The number of halogens is 1. The van der Waals surface area contributed by atoms with Crippen molar-refractivity contribution < 1.29 is 4.39 Å². The predicted octanol–water partition coefficient (Wildman–Crippen LogP) is 4.30. The van der Waals surface area contributed by atoms with Gasteiger partial charge in [0.15, 0.2) is 0 Å². The SMILES string of the molecule is CCCCN(CC)CCC(NCC)c1ccc(C)c(F)c1. The Morgan fingerprint density at radius 2 is 1.95 bits per heavy atom. The molecule has 1 rings (SSSR count). The highest BCUT2D eigenvalue weighted by Crippen LogP contribution is 2.20. The topological polar surface area (TPSA) is 15.3 Å². The van der Waals surface area contributed by atoms with Crippen molar-refractivity contribution in [1.29, 1.82) is 0 Å². The predicted molar refractivity (Wildman–Crippen MR) is 89.2 cm³/mol. The van der Waals surface area contributed by atoms with Gasteiger partial charge in [-0.2, -0.15) is 0 Å². The van der Waals surface area contributed by atoms with Crippen molar-refractivity contribution in [3.8, 4) is 0 Å². The Morgan fingerprint density at radius 3 is 2.52 bits per heavy atom. The highest BCUT2D eigenvalue weighted by Gasteiger charge is 2.13. The van der Waals surface area contributed by atoms with Crippen LogP contribution in [-0.2, 0) is 0 Å². The van der Waals surface area contributed by atoms with Gasteiger partial charge in [0, 0.05) is 6.04 Å². The third-order valence-corrected chi connectivity index (χ3v) is 4.06. The number of benzene rings is 1. The van der Waals surface area contributed by atoms with Crippen molar-refractivity contribution in [1.82, 2.24) is 10.2 Å². The summed E-state index contributed by atoms with van der Waals surface area (Å²) in [6.45, 7) is 12.6. The summed E-state index contributed by atoms with van der Waals surface area (Å²) >= 11 is 0. The Kier molecular flexibility index (Phi) is 8.55. The lowest BCUT2D eigenvalue weighted by Gasteiger charge is -2.25. The molecule has 0 radical (unpaired) electrons. The molecule has 0 saturated heterocycles. The second-order valence-corrected chi connectivity index (χ2v) is 5.70. The summed E-state index contributed by atoms with van der Waals surface area (Å²) in [5.41, 5.74) is 1.78. The zero-order valence-electron chi connectivity index (χ0n) is 14.1. The number of rotatable bonds is 10. The Balaban J connectivity index is 2.65. The molecule has 2 nitrogen and oxygen atoms in total. The van der Waals surface area contributed by atoms with Crippen LogP contribution in [-0.4, -0.2) is 31.1 Å². The van der Waals surface area contributed by atoms with Crippen molar-refractivity contribution >= 4 is 0 Å². The van der Waals surface area contributed by atoms with Crippen LogP contribution < -0.4 is 5.32 Å². The van der Waals surface area contributed by atoms with E-state index in [2.05, 4.69) is 31.0 Å². The van der Waals surface area contributed by atoms with Crippen LogP contribution in [0.5, 0.6) is 0 Å². The molecule has 0 aliphatic carbocycles. The minimum absolute atomic E-state index is 0.103. The van der Waals surface area contributed by atoms with Crippen LogP contribution in [0.15, 0.2) is 18.2 Å². The normalized spacial score (nSPS) is 12.9. The number of unbranched alkanes of at least 4 members (excludes halogenated alkanes) is 1. The average molecular weight is 294 g/mol. The van der Waals surface area contributed by atoms with E-state index in [9.17, 15) is 4.39 Å². The van der Waals surface area contributed by atoms with E-state index in [4.69, 9.17) is 0 Å². The summed E-state index contributed by atoms with van der Waals surface area (Å²) in [5, 5.41) is 3.49. The van der Waals surface area contributed by atoms with Crippen LogP contribution in [0.3, 0.4) is 0 Å². The van der Waals surface area contributed by atoms with Crippen molar-refractivity contribution in [2.75, 3.05) is 26.2 Å². The summed E-state index contributed by atoms with van der Waals surface area (Å²) < 4.78 is 13.8. The molecule has 0 bridgehead atoms. The molecular formula is C18H31FN2. The minimum atomic E-state index is -0.103. The first-order valence-corrected chi connectivity index (χ1v) is 8.34. The highest BCUT2D eigenvalue weighted by molar-refractivity contribution is 5.25. The van der Waals surface area contributed by atoms with E-state index in [0.29, 0.717) is 5.56 Å². The molecule has 1 atom stereocenters. The average Bonchev–Trinajstić information content (AvgIpc) is 2.49. The maximum absolute atomic E-state index is 13.8. The van der Waals surface area contributed by atoms with E-state index in [1.807, 2.05) is 19.1 Å². The number of hydrogen-bond donors (Lipinski definition) is 1. The third-order valence-electron chi connectivity index (χ3n) is 4.06. The van der Waals surface area contributed by atoms with Gasteiger partial charge in [-0.25, -0.2) is 4.39 Å². The Labute approximate surface area is 129 Å². The molecule has 120 valence electrons. The van der Waals surface area contributed by atoms with E-state index in [1.54, 1.807) is 6.07 Å². The Morgan fingerprint density at radius 1 is 1.19 bits per heavy atom. The number of aryl methyl sites for hydroxylation is 1. The molecule has 3 heteroatoms. The van der Waals surface area contributed by atoms with E-state index in [-0.39, 0.29) is 11.9 Å². The third kappa shape index (κ3) is 6.15. The van der Waals surface area contributed by atoms with Gasteiger partial charge in [-0.1, -0.05) is 39.3 Å². The molecule has 0 aromatic heterocycles. The largest absolute Gasteiger partial charge is 0.310 e. The summed E-state index contributed by atoms with van der Waals surface area (Å²) in [6, 6.07) is 5.85. The lowest BCUT2D eigenvalue weighted by molar-refractivity contribution is 0.265. The second kappa shape index (κ2) is 9.91. The monoisotopic (exact) mass is 294 g/mol. The van der Waals surface area contributed by atoms with Crippen molar-refractivity contribution in [3.63, 3.8) is 0 Å². The first-order chi connectivity index (χ1) is 10.1. The first-order valence-electron chi connectivity index (χ1n) is 8.34. The fraction of sp³-hybridized carbons (Fsp3) is 0.667. The standard InChI is InChI=1S/C18H31FN2/c1-5-8-12-21(7-3)13-11-18(20-6-2)16-10-9-15(4)17(19)14-16/h9-10,14,18,20H,5-8,11-13H2,1-4H3. The van der Waals surface area contributed by atoms with Crippen molar-refractivity contribution in [3.05, 3.63) is 35.1 Å². The molecule has 1 aromatic carbocycles. The Hall–Kier alpha value is -0.930. The Bertz CT molecular complexity index is 406. The van der Waals surface area contributed by atoms with Crippen LogP contribution >= 0.6 is 0 Å². The highest BCUT2D eigenvalue weighted by atomic mass is 19.1. The van der Waals surface area contributed by atoms with E-state index in [0.717, 1.165) is 38.2 Å². The van der Waals surface area contributed by atoms with Gasteiger partial charge in [0.05, 0.1) is 0 Å². The molecule has 0 spiro atoms. The lowest BCUT2D eigenvalue weighted by atomic mass is 10.0. The summed E-state index contributed by atoms with van der Waals surface area (Å²) in [6.07, 6.45) is 3.50. The van der Waals surface area contributed by atoms with E-state index < -0.39 is 0 Å². The molecule has 21 heavy (non-hydrogen) atoms. The smallest absolute Gasteiger partial charge is 0.126 e. The summed E-state index contributed by atoms with van der Waals surface area (Å²) in [5.74, 6) is -0.103. The van der Waals surface area contributed by atoms with Gasteiger partial charge in [0.2, 0.25) is 0 Å². The number of hydrogen-bond acceptors (Lipinski definition) is 2. The molecule has 1 N–H and O–H groups in total. The maximum Gasteiger partial charge on any atom is 0.126 e. The van der Waals surface area contributed by atoms with Gasteiger partial charge in [-0.3, -0.25) is 0 Å². The number of nitrogens with zero attached hydrogens (tertiary/aromatic N) is 1. The lowest BCUT2D eigenvalue weighted by Crippen LogP contribution is -2.30. The van der Waals surface area contributed by atoms with E-state index in [1.165, 1.54) is 12.8 Å². The molecule has 0 aliphatic heterocycles. The molecule has 0 saturated carbocycles. The maximum atomic E-state index is 13.8. The zero-order valence-corrected chi connectivity index (χ0v) is 14.1. The van der Waals surface area contributed by atoms with Crippen LogP contribution in [0, 0.1) is 12.7 Å². The molecule has 0 heterocycles. The minimum Gasteiger partial charge on any atom is -0.310 e. The van der Waals surface area contributed by atoms with Crippen LogP contribution in [0.4, 0.5) is 4.39 Å². The summed E-state index contributed by atoms with van der Waals surface area (Å²) in [7, 11) is 0. The van der Waals surface area contributed by atoms with Gasteiger partial charge < -0.3 is 10.2 Å². The van der Waals surface area contributed by atoms with Gasteiger partial charge >= 0.3 is 0 Å². The fourth-order valence-electron chi connectivity index (χ4n) is 2.58. The van der Waals surface area contributed by atoms with Gasteiger partial charge in [-0.05, 0) is 63.1 Å². The molecule has 0 fully saturated rings. The van der Waals surface area contributed by atoms with Gasteiger partial charge in [0.25, 0.3) is 0 Å². The number of nitrogens with one attached hydrogen (secondary N) is 1. The first kappa shape index (κ1) is 18.1. The van der Waals surface area contributed by atoms with Crippen LogP contribution in [0.2, 0.25) is 0 Å². The molecule has 0 aliphatic rings.